The number of ketones is 1. The molecule has 4 heterocycles. The minimum absolute atomic E-state index is 0.0924. The lowest BCUT2D eigenvalue weighted by atomic mass is 9.96. The third-order valence-corrected chi connectivity index (χ3v) is 9.33. The van der Waals surface area contributed by atoms with Crippen molar-refractivity contribution >= 4 is 51.3 Å². The first-order valence-electron chi connectivity index (χ1n) is 14.0. The Hall–Kier alpha value is -4.55. The number of aryl methyl sites for hydroxylation is 1. The monoisotopic (exact) mass is 629 g/mol. The van der Waals surface area contributed by atoms with Crippen LogP contribution < -0.4 is 9.64 Å². The number of hydrogen-bond donors (Lipinski definition) is 1. The van der Waals surface area contributed by atoms with Gasteiger partial charge in [-0.1, -0.05) is 72.8 Å². The van der Waals surface area contributed by atoms with Crippen molar-refractivity contribution in [2.75, 3.05) is 11.5 Å². The van der Waals surface area contributed by atoms with Gasteiger partial charge in [0.2, 0.25) is 5.13 Å². The zero-order valence-electron chi connectivity index (χ0n) is 23.9. The summed E-state index contributed by atoms with van der Waals surface area (Å²) in [4.78, 5) is 33.2. The molecule has 0 radical (unpaired) electrons. The van der Waals surface area contributed by atoms with Crippen molar-refractivity contribution in [1.29, 1.82) is 0 Å². The Kier molecular flexibility index (Phi) is 8.45. The Morgan fingerprint density at radius 3 is 2.73 bits per heavy atom. The van der Waals surface area contributed by atoms with E-state index < -0.39 is 17.7 Å². The van der Waals surface area contributed by atoms with Crippen LogP contribution in [-0.4, -0.2) is 43.0 Å². The van der Waals surface area contributed by atoms with Crippen LogP contribution in [0.5, 0.6) is 5.75 Å². The second-order valence-electron chi connectivity index (χ2n) is 10.1. The SMILES string of the molecule is CCCCOc1cccc(C2/C(=C(\O)c3c(C)nc4ccccn34)C(=O)C(=O)N2c2nnc(SCc3ccccc3F)s2)c1. The second-order valence-corrected chi connectivity index (χ2v) is 12.3. The highest BCUT2D eigenvalue weighted by Crippen LogP contribution is 2.45. The van der Waals surface area contributed by atoms with Gasteiger partial charge < -0.3 is 9.84 Å². The third kappa shape index (κ3) is 5.58. The zero-order chi connectivity index (χ0) is 30.8. The van der Waals surface area contributed by atoms with Crippen molar-refractivity contribution in [1.82, 2.24) is 19.6 Å². The molecule has 9 nitrogen and oxygen atoms in total. The summed E-state index contributed by atoms with van der Waals surface area (Å²) in [6, 6.07) is 18.0. The summed E-state index contributed by atoms with van der Waals surface area (Å²) in [5.74, 6) is -1.48. The summed E-state index contributed by atoms with van der Waals surface area (Å²) in [5, 5.41) is 20.4. The maximum Gasteiger partial charge on any atom is 0.301 e. The van der Waals surface area contributed by atoms with Crippen molar-refractivity contribution in [2.45, 2.75) is 42.8 Å². The van der Waals surface area contributed by atoms with Gasteiger partial charge in [0.15, 0.2) is 10.1 Å². The molecule has 1 saturated heterocycles. The van der Waals surface area contributed by atoms with Crippen LogP contribution in [0.4, 0.5) is 9.52 Å². The number of carbonyl (C=O) groups excluding carboxylic acids is 2. The quantitative estimate of drug-likeness (QED) is 0.0452. The summed E-state index contributed by atoms with van der Waals surface area (Å²) >= 11 is 2.39. The smallest absolute Gasteiger partial charge is 0.301 e. The van der Waals surface area contributed by atoms with Gasteiger partial charge in [0.25, 0.3) is 5.78 Å². The van der Waals surface area contributed by atoms with E-state index in [0.29, 0.717) is 50.6 Å². The molecule has 1 unspecified atom stereocenters. The molecule has 44 heavy (non-hydrogen) atoms. The fourth-order valence-corrected chi connectivity index (χ4v) is 6.95. The largest absolute Gasteiger partial charge is 0.505 e. The van der Waals surface area contributed by atoms with Gasteiger partial charge in [-0.3, -0.25) is 18.9 Å². The molecule has 1 amide bonds. The van der Waals surface area contributed by atoms with E-state index in [2.05, 4.69) is 22.1 Å². The molecule has 1 aliphatic rings. The fourth-order valence-electron chi connectivity index (χ4n) is 5.09. The number of thioether (sulfide) groups is 1. The third-order valence-electron chi connectivity index (χ3n) is 7.22. The van der Waals surface area contributed by atoms with E-state index in [1.165, 1.54) is 22.7 Å². The lowest BCUT2D eigenvalue weighted by molar-refractivity contribution is -0.132. The van der Waals surface area contributed by atoms with Crippen LogP contribution in [-0.2, 0) is 15.3 Å². The highest BCUT2D eigenvalue weighted by atomic mass is 32.2. The van der Waals surface area contributed by atoms with Gasteiger partial charge in [-0.05, 0) is 54.8 Å². The van der Waals surface area contributed by atoms with E-state index in [1.54, 1.807) is 66.1 Å². The molecular formula is C32H28FN5O4S2. The van der Waals surface area contributed by atoms with Crippen LogP contribution in [0.15, 0.2) is 82.8 Å². The maximum absolute atomic E-state index is 14.2. The number of halogens is 1. The van der Waals surface area contributed by atoms with E-state index in [0.717, 1.165) is 24.2 Å². The molecule has 1 fully saturated rings. The molecule has 1 N–H and O–H groups in total. The topological polar surface area (TPSA) is 110 Å². The lowest BCUT2D eigenvalue weighted by Crippen LogP contribution is -2.29. The molecule has 1 atom stereocenters. The molecular weight excluding hydrogens is 602 g/mol. The molecule has 0 bridgehead atoms. The van der Waals surface area contributed by atoms with Crippen molar-refractivity contribution in [3.63, 3.8) is 0 Å². The normalized spacial score (nSPS) is 16.2. The van der Waals surface area contributed by atoms with E-state index in [1.807, 2.05) is 12.1 Å². The molecule has 6 rings (SSSR count). The van der Waals surface area contributed by atoms with Crippen LogP contribution in [0.2, 0.25) is 0 Å². The summed E-state index contributed by atoms with van der Waals surface area (Å²) in [5.41, 5.74) is 2.38. The number of aromatic nitrogens is 4. The van der Waals surface area contributed by atoms with Gasteiger partial charge in [0.1, 0.15) is 22.9 Å². The number of imidazole rings is 1. The molecule has 2 aromatic carbocycles. The van der Waals surface area contributed by atoms with Crippen LogP contribution in [0.1, 0.15) is 48.3 Å². The van der Waals surface area contributed by atoms with Crippen LogP contribution in [0.3, 0.4) is 0 Å². The van der Waals surface area contributed by atoms with Crippen LogP contribution in [0, 0.1) is 12.7 Å². The van der Waals surface area contributed by atoms with Gasteiger partial charge >= 0.3 is 5.91 Å². The van der Waals surface area contributed by atoms with Gasteiger partial charge in [0.05, 0.1) is 23.9 Å². The predicted molar refractivity (Wildman–Crippen MR) is 167 cm³/mol. The van der Waals surface area contributed by atoms with Gasteiger partial charge in [-0.2, -0.15) is 0 Å². The minimum atomic E-state index is -1.02. The Balaban J connectivity index is 1.44. The number of carbonyl (C=O) groups is 2. The number of unbranched alkanes of at least 4 members (excludes halogenated alkanes) is 1. The molecule has 5 aromatic rings. The van der Waals surface area contributed by atoms with Crippen molar-refractivity contribution in [3.05, 3.63) is 107 Å². The second kappa shape index (κ2) is 12.6. The first-order valence-corrected chi connectivity index (χ1v) is 15.8. The Labute approximate surface area is 261 Å². The summed E-state index contributed by atoms with van der Waals surface area (Å²) in [6.07, 6.45) is 3.57. The standard InChI is InChI=1S/C32H28FN5O4S2/c1-3-4-16-42-22-12-9-11-20(17-22)27-25(28(39)26-19(2)34-24-14-7-8-15-37(24)26)29(40)30(41)38(27)31-35-36-32(44-31)43-18-21-10-5-6-13-23(21)33/h5-15,17,27,39H,3-4,16,18H2,1-2H3/b28-25+. The summed E-state index contributed by atoms with van der Waals surface area (Å²) < 4.78 is 22.3. The molecule has 3 aromatic heterocycles. The first kappa shape index (κ1) is 29.5. The number of aliphatic hydroxyl groups excluding tert-OH is 1. The molecule has 224 valence electrons. The van der Waals surface area contributed by atoms with Crippen LogP contribution >= 0.6 is 23.1 Å². The maximum atomic E-state index is 14.2. The number of Topliss-reactive ketones (excluding diaryl/α,β-unsaturated/α-hetero) is 1. The summed E-state index contributed by atoms with van der Waals surface area (Å²) in [7, 11) is 0. The number of aliphatic hydroxyl groups is 1. The Bertz CT molecular complexity index is 1900. The number of nitrogens with zero attached hydrogens (tertiary/aromatic N) is 5. The number of fused-ring (bicyclic) bond motifs is 1. The zero-order valence-corrected chi connectivity index (χ0v) is 25.6. The number of ether oxygens (including phenoxy) is 1. The Morgan fingerprint density at radius 2 is 1.91 bits per heavy atom. The predicted octanol–water partition coefficient (Wildman–Crippen LogP) is 6.73. The van der Waals surface area contributed by atoms with Crippen molar-refractivity contribution in [3.8, 4) is 5.75 Å². The average Bonchev–Trinajstić information content (AvgIpc) is 3.70. The molecule has 0 saturated carbocycles. The first-order chi connectivity index (χ1) is 21.4. The average molecular weight is 630 g/mol. The highest BCUT2D eigenvalue weighted by molar-refractivity contribution is 8.00. The van der Waals surface area contributed by atoms with Gasteiger partial charge in [-0.25, -0.2) is 9.37 Å². The van der Waals surface area contributed by atoms with E-state index in [4.69, 9.17) is 4.74 Å². The number of anilines is 1. The highest BCUT2D eigenvalue weighted by Gasteiger charge is 2.49. The van der Waals surface area contributed by atoms with Gasteiger partial charge in [0, 0.05) is 11.9 Å². The molecule has 1 aliphatic heterocycles. The van der Waals surface area contributed by atoms with E-state index in [9.17, 15) is 19.1 Å². The number of amides is 1. The number of rotatable bonds is 10. The van der Waals surface area contributed by atoms with E-state index in [-0.39, 0.29) is 22.3 Å². The number of pyridine rings is 1. The van der Waals surface area contributed by atoms with Gasteiger partial charge in [-0.15, -0.1) is 10.2 Å². The fraction of sp³-hybridized carbons (Fsp3) is 0.219. The number of hydrogen-bond acceptors (Lipinski definition) is 9. The minimum Gasteiger partial charge on any atom is -0.505 e. The van der Waals surface area contributed by atoms with Crippen molar-refractivity contribution in [2.24, 2.45) is 0 Å². The van der Waals surface area contributed by atoms with E-state index >= 15 is 0 Å². The molecule has 0 spiro atoms. The number of benzene rings is 2. The van der Waals surface area contributed by atoms with Crippen LogP contribution in [0.25, 0.3) is 11.4 Å². The van der Waals surface area contributed by atoms with Crippen molar-refractivity contribution < 1.29 is 23.8 Å². The molecule has 12 heteroatoms. The lowest BCUT2D eigenvalue weighted by Gasteiger charge is -2.23. The Morgan fingerprint density at radius 1 is 1.09 bits per heavy atom. The summed E-state index contributed by atoms with van der Waals surface area (Å²) in [6.45, 7) is 4.32. The molecule has 0 aliphatic carbocycles.